The average Bonchev–Trinajstić information content (AvgIpc) is 0.795. The predicted molar refractivity (Wildman–Crippen MR) is 442 cm³/mol. The van der Waals surface area contributed by atoms with Crippen LogP contribution >= 0.6 is 23.5 Å². The third-order valence-electron chi connectivity index (χ3n) is 19.7. The second-order valence-electron chi connectivity index (χ2n) is 28.1. The average molecular weight is 1640 g/mol. The number of halogens is 6. The first-order chi connectivity index (χ1) is 54.3. The lowest BCUT2D eigenvalue weighted by Crippen LogP contribution is -2.40. The van der Waals surface area contributed by atoms with E-state index in [1.54, 1.807) is 139 Å². The fourth-order valence-electron chi connectivity index (χ4n) is 14.4. The van der Waals surface area contributed by atoms with Crippen LogP contribution in [0.3, 0.4) is 0 Å². The number of anilines is 5. The lowest BCUT2D eigenvalue weighted by molar-refractivity contribution is 0.556. The molecule has 33 heteroatoms. The first-order valence-electron chi connectivity index (χ1n) is 37.3. The van der Waals surface area contributed by atoms with Crippen LogP contribution in [0.2, 0.25) is 0 Å². The maximum absolute atomic E-state index is 14.5. The molecule has 0 bridgehead atoms. The molecule has 0 saturated carbocycles. The van der Waals surface area contributed by atoms with Gasteiger partial charge in [-0.1, -0.05) is 0 Å². The van der Waals surface area contributed by atoms with Gasteiger partial charge in [-0.15, -0.1) is 0 Å². The summed E-state index contributed by atoms with van der Waals surface area (Å²) in [6.07, 6.45) is 3.41. The summed E-state index contributed by atoms with van der Waals surface area (Å²) in [5.74, 6) is 4.66. The molecule has 5 fully saturated rings. The molecule has 0 spiro atoms. The number of aromatic nitrogens is 10. The van der Waals surface area contributed by atoms with Gasteiger partial charge >= 0.3 is 0 Å². The van der Waals surface area contributed by atoms with Crippen LogP contribution in [0.15, 0.2) is 139 Å². The van der Waals surface area contributed by atoms with Crippen LogP contribution in [-0.2, 0) is 20.6 Å². The van der Waals surface area contributed by atoms with Crippen LogP contribution in [0.5, 0.6) is 0 Å². The monoisotopic (exact) mass is 1640 g/mol. The number of nitrogens with zero attached hydrogens (tertiary/aromatic N) is 15. The minimum Gasteiger partial charge on any atom is -0.369 e. The van der Waals surface area contributed by atoms with E-state index in [0.29, 0.717) is 141 Å². The van der Waals surface area contributed by atoms with Crippen molar-refractivity contribution in [1.29, 1.82) is 0 Å². The third kappa shape index (κ3) is 20.7. The highest BCUT2D eigenvalue weighted by Crippen LogP contribution is 2.32. The Kier molecular flexibility index (Phi) is 27.8. The largest absolute Gasteiger partial charge is 0.369 e. The lowest BCUT2D eigenvalue weighted by Gasteiger charge is -2.29. The summed E-state index contributed by atoms with van der Waals surface area (Å²) >= 11 is 3.66. The van der Waals surface area contributed by atoms with Gasteiger partial charge in [-0.05, 0) is 137 Å². The van der Waals surface area contributed by atoms with E-state index in [1.165, 1.54) is 96.0 Å². The lowest BCUT2D eigenvalue weighted by atomic mass is 10.1. The fraction of sp³-hybridized carbons (Fsp3) is 0.383. The van der Waals surface area contributed by atoms with E-state index < -0.39 is 38.1 Å². The first-order valence-corrected chi connectivity index (χ1v) is 42.9. The number of aryl methyl sites for hydroxylation is 10. The van der Waals surface area contributed by atoms with Crippen molar-refractivity contribution in [3.8, 4) is 28.4 Å². The van der Waals surface area contributed by atoms with Crippen molar-refractivity contribution < 1.29 is 39.0 Å². The molecule has 5 aliphatic rings. The quantitative estimate of drug-likeness (QED) is 0.116. The first kappa shape index (κ1) is 84.8. The summed E-state index contributed by atoms with van der Waals surface area (Å²) in [6.45, 7) is 23.7. The van der Waals surface area contributed by atoms with Gasteiger partial charge in [0.1, 0.15) is 58.1 Å². The number of hydrogen-bond acceptors (Lipinski definition) is 20. The van der Waals surface area contributed by atoms with Gasteiger partial charge in [0.25, 0.3) is 27.8 Å². The Morgan fingerprint density at radius 2 is 0.570 bits per heavy atom. The summed E-state index contributed by atoms with van der Waals surface area (Å²) in [6, 6.07) is 28.7. The highest BCUT2D eigenvalue weighted by atomic mass is 32.2. The molecule has 15 rings (SSSR count). The molecule has 604 valence electrons. The van der Waals surface area contributed by atoms with Gasteiger partial charge in [-0.2, -0.15) is 23.5 Å². The van der Waals surface area contributed by atoms with Crippen molar-refractivity contribution in [3.05, 3.63) is 260 Å². The van der Waals surface area contributed by atoms with Gasteiger partial charge < -0.3 is 24.5 Å². The Labute approximate surface area is 667 Å². The molecule has 0 unspecified atom stereocenters. The predicted octanol–water partition coefficient (Wildman–Crippen LogP) is 11.0. The smallest absolute Gasteiger partial charge is 0.258 e. The van der Waals surface area contributed by atoms with Gasteiger partial charge in [-0.3, -0.25) is 51.0 Å². The molecule has 23 nitrogen and oxygen atoms in total. The Bertz CT molecular complexity index is 5510. The summed E-state index contributed by atoms with van der Waals surface area (Å²) in [7, 11) is -3.82. The van der Waals surface area contributed by atoms with Crippen molar-refractivity contribution >= 4 is 72.6 Å². The van der Waals surface area contributed by atoms with Gasteiger partial charge in [0.15, 0.2) is 21.5 Å². The molecule has 10 heterocycles. The summed E-state index contributed by atoms with van der Waals surface area (Å²) in [5, 5.41) is 0. The topological polar surface area (TPSA) is 242 Å². The Morgan fingerprint density at radius 3 is 0.860 bits per heavy atom. The summed E-state index contributed by atoms with van der Waals surface area (Å²) in [5.41, 5.74) is 6.04. The van der Waals surface area contributed by atoms with E-state index in [0.717, 1.165) is 62.0 Å². The molecular formula is C81H91F6N15O8S4. The van der Waals surface area contributed by atoms with Crippen molar-refractivity contribution in [2.75, 3.05) is 136 Å². The van der Waals surface area contributed by atoms with Crippen LogP contribution in [-0.4, -0.2) is 172 Å². The van der Waals surface area contributed by atoms with Crippen LogP contribution in [0.4, 0.5) is 54.8 Å². The molecule has 0 radical (unpaired) electrons. The van der Waals surface area contributed by atoms with Crippen LogP contribution in [0.25, 0.3) is 28.4 Å². The Morgan fingerprint density at radius 1 is 0.316 bits per heavy atom. The SMILES string of the molecule is Cc1cc(=O)n(-c2cc(F)c(N3CCSCC3)c(F)c2)c(C)n1.Cc1cc(=O)n(-c2ccc(N3CCCCC3)c(F)c2)c(C)n1.Cc1cc(=O)n(-c2ccc(N3CCS(=O)(=O)CC3)c(F)c2)c(C)n1.Cc1cc(=O)n(-c2ccc(N3CCS(=O)CC3)c(F)c2)c(C)n1.Cc1cc(=O)n(-c2ccc(N3CCSCC3)c(F)c2)c(C)n1. The highest BCUT2D eigenvalue weighted by Gasteiger charge is 2.27. The van der Waals surface area contributed by atoms with Crippen molar-refractivity contribution in [2.24, 2.45) is 0 Å². The maximum atomic E-state index is 14.5. The van der Waals surface area contributed by atoms with Crippen LogP contribution < -0.4 is 52.3 Å². The van der Waals surface area contributed by atoms with E-state index >= 15 is 0 Å². The fourth-order valence-corrected chi connectivity index (χ4v) is 18.4. The standard InChI is InChI=1S/C17H20FN3O.C16H17F2N3OS.C16H18FN3O3S.C16H18FN3O2S.C16H18FN3OS/c1-12-10-17(22)21(13(2)19-12)14-6-7-16(15(18)11-14)20-8-4-3-5-9-20;1-10-7-15(22)21(11(2)19-10)12-8-13(17)16(14(18)9-12)20-3-5-23-6-4-20;1-11-9-16(21)20(12(2)18-11)13-3-4-15(14(17)10-13)19-5-7-24(22,23)8-6-19;1-11-9-16(21)20(12(2)18-11)13-3-4-15(14(17)10-13)19-5-7-23(22)8-6-19;1-11-9-16(21)20(12(2)18-11)13-3-4-15(14(17)10-13)19-5-7-22-8-6-19/h6-7,10-11H,3-5,8-9H2,1-2H3;7-9H,3-6H2,1-2H3;3-4,9-10H,5-8H2,1-2H3;3-4,9-10H,5-8H2,1-2H3;3-4,9-10H,5-8H2,1-2H3. The molecule has 10 aromatic rings. The van der Waals surface area contributed by atoms with Gasteiger partial charge in [0.2, 0.25) is 0 Å². The van der Waals surface area contributed by atoms with E-state index in [4.69, 9.17) is 0 Å². The Hall–Kier alpha value is -10.1. The minimum atomic E-state index is -3.02. The number of hydrogen-bond donors (Lipinski definition) is 0. The molecule has 114 heavy (non-hydrogen) atoms. The Balaban J connectivity index is 0.000000141. The highest BCUT2D eigenvalue weighted by molar-refractivity contribution is 7.99. The summed E-state index contributed by atoms with van der Waals surface area (Å²) < 4.78 is 128. The zero-order chi connectivity index (χ0) is 82.0. The number of piperidine rings is 1. The number of thioether (sulfide) groups is 2. The molecule has 5 aliphatic heterocycles. The summed E-state index contributed by atoms with van der Waals surface area (Å²) in [4.78, 5) is 91.4. The zero-order valence-electron chi connectivity index (χ0n) is 65.2. The minimum absolute atomic E-state index is 0.0141. The van der Waals surface area contributed by atoms with Gasteiger partial charge in [0.05, 0.1) is 62.7 Å². The van der Waals surface area contributed by atoms with Crippen molar-refractivity contribution in [2.45, 2.75) is 88.5 Å². The molecule has 0 atom stereocenters. The van der Waals surface area contributed by atoms with Crippen LogP contribution in [0.1, 0.15) is 76.9 Å². The van der Waals surface area contributed by atoms with E-state index in [-0.39, 0.29) is 81.2 Å². The second-order valence-corrected chi connectivity index (χ2v) is 34.6. The molecule has 5 saturated heterocycles. The number of sulfone groups is 1. The molecule has 0 amide bonds. The van der Waals surface area contributed by atoms with E-state index in [2.05, 4.69) is 34.7 Å². The molecule has 0 aliphatic carbocycles. The number of benzene rings is 5. The normalized spacial score (nSPS) is 15.7. The molecule has 5 aromatic heterocycles. The van der Waals surface area contributed by atoms with E-state index in [9.17, 15) is 62.9 Å². The van der Waals surface area contributed by atoms with Gasteiger partial charge in [0, 0.05) is 206 Å². The second kappa shape index (κ2) is 37.4. The van der Waals surface area contributed by atoms with Crippen molar-refractivity contribution in [3.63, 3.8) is 0 Å². The molecular weight excluding hydrogens is 1550 g/mol. The van der Waals surface area contributed by atoms with E-state index in [1.807, 2.05) is 16.7 Å². The third-order valence-corrected chi connectivity index (χ3v) is 24.4. The van der Waals surface area contributed by atoms with Crippen LogP contribution in [0, 0.1) is 104 Å². The number of rotatable bonds is 10. The van der Waals surface area contributed by atoms with Gasteiger partial charge in [-0.25, -0.2) is 59.7 Å². The zero-order valence-corrected chi connectivity index (χ0v) is 68.5. The van der Waals surface area contributed by atoms with Crippen molar-refractivity contribution in [1.82, 2.24) is 47.8 Å². The molecule has 5 aromatic carbocycles. The molecule has 0 N–H and O–H groups in total. The maximum Gasteiger partial charge on any atom is 0.258 e.